The van der Waals surface area contributed by atoms with Crippen molar-refractivity contribution < 1.29 is 14.3 Å². The second kappa shape index (κ2) is 8.99. The van der Waals surface area contributed by atoms with Crippen LogP contribution in [0, 0.1) is 5.92 Å². The van der Waals surface area contributed by atoms with E-state index in [1.165, 1.54) is 12.8 Å². The van der Waals surface area contributed by atoms with Gasteiger partial charge in [0.2, 0.25) is 5.91 Å². The van der Waals surface area contributed by atoms with Crippen LogP contribution in [0.4, 0.5) is 10.5 Å². The first kappa shape index (κ1) is 19.3. The number of benzene rings is 2. The van der Waals surface area contributed by atoms with Crippen molar-refractivity contribution in [3.63, 3.8) is 0 Å². The summed E-state index contributed by atoms with van der Waals surface area (Å²) < 4.78 is 5.70. The summed E-state index contributed by atoms with van der Waals surface area (Å²) in [6.45, 7) is 2.72. The number of hydrogen-bond acceptors (Lipinski definition) is 3. The van der Waals surface area contributed by atoms with Crippen LogP contribution in [0.5, 0.6) is 5.75 Å². The van der Waals surface area contributed by atoms with E-state index in [1.54, 1.807) is 0 Å². The van der Waals surface area contributed by atoms with Crippen LogP contribution in [0.2, 0.25) is 0 Å². The maximum atomic E-state index is 12.1. The van der Waals surface area contributed by atoms with Gasteiger partial charge in [-0.1, -0.05) is 24.3 Å². The highest BCUT2D eigenvalue weighted by molar-refractivity contribution is 5.89. The SMILES string of the molecule is O=C(NCc1ccc(CN2CCCC2=O)cc1)Nc1ccc(OCC2CC2)cc1. The van der Waals surface area contributed by atoms with Crippen LogP contribution in [0.3, 0.4) is 0 Å². The molecule has 0 unspecified atom stereocenters. The Morgan fingerprint density at radius 1 is 1.03 bits per heavy atom. The first-order valence-electron chi connectivity index (χ1n) is 10.3. The zero-order valence-corrected chi connectivity index (χ0v) is 16.5. The summed E-state index contributed by atoms with van der Waals surface area (Å²) in [5.41, 5.74) is 2.85. The lowest BCUT2D eigenvalue weighted by atomic mass is 10.1. The van der Waals surface area contributed by atoms with Crippen LogP contribution in [-0.2, 0) is 17.9 Å². The molecule has 29 heavy (non-hydrogen) atoms. The molecule has 2 aromatic rings. The first-order valence-corrected chi connectivity index (χ1v) is 10.3. The second-order valence-corrected chi connectivity index (χ2v) is 7.82. The van der Waals surface area contributed by atoms with Gasteiger partial charge >= 0.3 is 6.03 Å². The number of nitrogens with one attached hydrogen (secondary N) is 2. The molecule has 2 aromatic carbocycles. The van der Waals surface area contributed by atoms with E-state index < -0.39 is 0 Å². The molecule has 1 aliphatic heterocycles. The fourth-order valence-corrected chi connectivity index (χ4v) is 3.34. The lowest BCUT2D eigenvalue weighted by Crippen LogP contribution is -2.28. The van der Waals surface area contributed by atoms with E-state index in [9.17, 15) is 9.59 Å². The average molecular weight is 393 g/mol. The third-order valence-electron chi connectivity index (χ3n) is 5.32. The minimum atomic E-state index is -0.247. The first-order chi connectivity index (χ1) is 14.2. The van der Waals surface area contributed by atoms with Gasteiger partial charge in [0.05, 0.1) is 6.61 Å². The van der Waals surface area contributed by atoms with Crippen LogP contribution in [-0.4, -0.2) is 30.0 Å². The van der Waals surface area contributed by atoms with Gasteiger partial charge in [0.1, 0.15) is 5.75 Å². The van der Waals surface area contributed by atoms with Crippen LogP contribution in [0.1, 0.15) is 36.8 Å². The summed E-state index contributed by atoms with van der Waals surface area (Å²) in [6.07, 6.45) is 4.14. The number of hydrogen-bond donors (Lipinski definition) is 2. The van der Waals surface area contributed by atoms with Crippen LogP contribution >= 0.6 is 0 Å². The summed E-state index contributed by atoms with van der Waals surface area (Å²) in [7, 11) is 0. The van der Waals surface area contributed by atoms with Gasteiger partial charge in [-0.05, 0) is 60.6 Å². The second-order valence-electron chi connectivity index (χ2n) is 7.82. The predicted octanol–water partition coefficient (Wildman–Crippen LogP) is 3.92. The van der Waals surface area contributed by atoms with E-state index in [0.717, 1.165) is 48.1 Å². The Bertz CT molecular complexity index is 845. The molecule has 1 heterocycles. The summed E-state index contributed by atoms with van der Waals surface area (Å²) in [6, 6.07) is 15.2. The number of likely N-dealkylation sites (tertiary alicyclic amines) is 1. The minimum absolute atomic E-state index is 0.231. The fraction of sp³-hybridized carbons (Fsp3) is 0.391. The summed E-state index contributed by atoms with van der Waals surface area (Å²) in [5, 5.41) is 5.70. The molecule has 2 fully saturated rings. The van der Waals surface area contributed by atoms with Crippen molar-refractivity contribution >= 4 is 17.6 Å². The third kappa shape index (κ3) is 5.73. The third-order valence-corrected chi connectivity index (χ3v) is 5.32. The number of anilines is 1. The molecule has 6 heteroatoms. The number of nitrogens with zero attached hydrogens (tertiary/aromatic N) is 1. The number of carbonyl (C=O) groups is 2. The van der Waals surface area contributed by atoms with Gasteiger partial charge in [0.25, 0.3) is 0 Å². The molecule has 2 N–H and O–H groups in total. The monoisotopic (exact) mass is 393 g/mol. The molecule has 6 nitrogen and oxygen atoms in total. The highest BCUT2D eigenvalue weighted by Gasteiger charge is 2.22. The summed E-state index contributed by atoms with van der Waals surface area (Å²) in [5.74, 6) is 1.78. The quantitative estimate of drug-likeness (QED) is 0.714. The molecule has 0 aromatic heterocycles. The van der Waals surface area contributed by atoms with Gasteiger partial charge in [-0.2, -0.15) is 0 Å². The smallest absolute Gasteiger partial charge is 0.319 e. The summed E-state index contributed by atoms with van der Waals surface area (Å²) >= 11 is 0. The lowest BCUT2D eigenvalue weighted by molar-refractivity contribution is -0.128. The number of rotatable bonds is 8. The Morgan fingerprint density at radius 3 is 2.41 bits per heavy atom. The number of amides is 3. The van der Waals surface area contributed by atoms with E-state index >= 15 is 0 Å². The normalized spacial score (nSPS) is 16.0. The molecule has 2 aliphatic rings. The van der Waals surface area contributed by atoms with Crippen LogP contribution in [0.25, 0.3) is 0 Å². The molecule has 0 bridgehead atoms. The largest absolute Gasteiger partial charge is 0.493 e. The maximum Gasteiger partial charge on any atom is 0.319 e. The van der Waals surface area contributed by atoms with Crippen LogP contribution < -0.4 is 15.4 Å². The minimum Gasteiger partial charge on any atom is -0.493 e. The van der Waals surface area contributed by atoms with Gasteiger partial charge in [0, 0.05) is 31.7 Å². The Labute approximate surface area is 171 Å². The van der Waals surface area contributed by atoms with Crippen molar-refractivity contribution in [2.75, 3.05) is 18.5 Å². The molecule has 0 spiro atoms. The zero-order valence-electron chi connectivity index (χ0n) is 16.5. The zero-order chi connectivity index (χ0) is 20.1. The van der Waals surface area contributed by atoms with E-state index in [-0.39, 0.29) is 11.9 Å². The van der Waals surface area contributed by atoms with Gasteiger partial charge in [-0.3, -0.25) is 4.79 Å². The highest BCUT2D eigenvalue weighted by Crippen LogP contribution is 2.29. The maximum absolute atomic E-state index is 12.1. The predicted molar refractivity (Wildman–Crippen MR) is 112 cm³/mol. The Hall–Kier alpha value is -3.02. The number of carbonyl (C=O) groups excluding carboxylic acids is 2. The molecule has 0 atom stereocenters. The van der Waals surface area contributed by atoms with Crippen molar-refractivity contribution in [2.45, 2.75) is 38.8 Å². The molecule has 3 amide bonds. The molecular formula is C23H27N3O3. The van der Waals surface area contributed by atoms with Gasteiger partial charge < -0.3 is 20.3 Å². The van der Waals surface area contributed by atoms with Crippen molar-refractivity contribution in [1.29, 1.82) is 0 Å². The van der Waals surface area contributed by atoms with E-state index in [2.05, 4.69) is 10.6 Å². The molecule has 1 saturated carbocycles. The number of urea groups is 1. The molecule has 0 radical (unpaired) electrons. The Kier molecular flexibility index (Phi) is 5.98. The molecule has 1 saturated heterocycles. The standard InChI is InChI=1S/C23H27N3O3/c27-22-2-1-13-26(22)15-18-5-3-17(4-6-18)14-24-23(28)25-20-9-11-21(12-10-20)29-16-19-7-8-19/h3-6,9-12,19H,1-2,7-8,13-16H2,(H2,24,25,28). The van der Waals surface area contributed by atoms with E-state index in [4.69, 9.17) is 4.74 Å². The molecular weight excluding hydrogens is 366 g/mol. The van der Waals surface area contributed by atoms with Crippen molar-refractivity contribution in [3.8, 4) is 5.75 Å². The molecule has 1 aliphatic carbocycles. The van der Waals surface area contributed by atoms with Crippen molar-refractivity contribution in [1.82, 2.24) is 10.2 Å². The Morgan fingerprint density at radius 2 is 1.76 bits per heavy atom. The van der Waals surface area contributed by atoms with E-state index in [1.807, 2.05) is 53.4 Å². The van der Waals surface area contributed by atoms with Crippen molar-refractivity contribution in [3.05, 3.63) is 59.7 Å². The van der Waals surface area contributed by atoms with Gasteiger partial charge in [-0.15, -0.1) is 0 Å². The topological polar surface area (TPSA) is 70.7 Å². The van der Waals surface area contributed by atoms with Crippen molar-refractivity contribution in [2.24, 2.45) is 5.92 Å². The number of ether oxygens (including phenoxy) is 1. The lowest BCUT2D eigenvalue weighted by Gasteiger charge is -2.15. The van der Waals surface area contributed by atoms with Crippen LogP contribution in [0.15, 0.2) is 48.5 Å². The fourth-order valence-electron chi connectivity index (χ4n) is 3.34. The Balaban J connectivity index is 1.20. The van der Waals surface area contributed by atoms with E-state index in [0.29, 0.717) is 19.5 Å². The average Bonchev–Trinajstić information content (AvgIpc) is 3.48. The molecule has 4 rings (SSSR count). The summed E-state index contributed by atoms with van der Waals surface area (Å²) in [4.78, 5) is 25.7. The van der Waals surface area contributed by atoms with Gasteiger partial charge in [0.15, 0.2) is 0 Å². The van der Waals surface area contributed by atoms with Gasteiger partial charge in [-0.25, -0.2) is 4.79 Å². The highest BCUT2D eigenvalue weighted by atomic mass is 16.5. The molecule has 152 valence electrons.